The van der Waals surface area contributed by atoms with Crippen molar-refractivity contribution in [1.29, 1.82) is 0 Å². The van der Waals surface area contributed by atoms with E-state index in [2.05, 4.69) is 16.1 Å². The molecule has 0 spiro atoms. The fraction of sp³-hybridized carbons (Fsp3) is 0.846. The van der Waals surface area contributed by atoms with E-state index in [0.717, 1.165) is 31.3 Å². The van der Waals surface area contributed by atoms with E-state index in [1.54, 1.807) is 0 Å². The molecule has 1 aliphatic heterocycles. The molecule has 2 nitrogen and oxygen atoms in total. The van der Waals surface area contributed by atoms with E-state index in [9.17, 15) is 0 Å². The van der Waals surface area contributed by atoms with Gasteiger partial charge in [-0.15, -0.1) is 12.3 Å². The van der Waals surface area contributed by atoms with Crippen LogP contribution in [0, 0.1) is 18.3 Å². The molecule has 2 heteroatoms. The molecular formula is C13H22N2. The van der Waals surface area contributed by atoms with Gasteiger partial charge in [0.1, 0.15) is 0 Å². The van der Waals surface area contributed by atoms with E-state index >= 15 is 0 Å². The number of nitrogens with one attached hydrogen (secondary N) is 1. The number of rotatable bonds is 6. The van der Waals surface area contributed by atoms with E-state index < -0.39 is 0 Å². The number of unbranched alkanes of at least 4 members (excludes halogenated alkanes) is 1. The van der Waals surface area contributed by atoms with Crippen molar-refractivity contribution in [2.24, 2.45) is 5.92 Å². The van der Waals surface area contributed by atoms with Crippen LogP contribution in [0.4, 0.5) is 0 Å². The summed E-state index contributed by atoms with van der Waals surface area (Å²) in [5.41, 5.74) is 0. The Labute approximate surface area is 93.4 Å². The van der Waals surface area contributed by atoms with Gasteiger partial charge in [-0.1, -0.05) is 0 Å². The maximum atomic E-state index is 5.21. The molecule has 0 radical (unpaired) electrons. The summed E-state index contributed by atoms with van der Waals surface area (Å²) in [5, 5.41) is 3.52. The van der Waals surface area contributed by atoms with Gasteiger partial charge in [0.05, 0.1) is 0 Å². The third kappa shape index (κ3) is 3.52. The van der Waals surface area contributed by atoms with Crippen LogP contribution >= 0.6 is 0 Å². The first-order valence-corrected chi connectivity index (χ1v) is 6.28. The molecule has 1 saturated carbocycles. The molecule has 2 rings (SSSR count). The average molecular weight is 206 g/mol. The minimum Gasteiger partial charge on any atom is -0.316 e. The van der Waals surface area contributed by atoms with Crippen LogP contribution in [-0.4, -0.2) is 37.1 Å². The van der Waals surface area contributed by atoms with Crippen molar-refractivity contribution in [2.45, 2.75) is 38.1 Å². The first-order chi connectivity index (χ1) is 7.40. The van der Waals surface area contributed by atoms with Gasteiger partial charge < -0.3 is 10.2 Å². The Morgan fingerprint density at radius 1 is 1.33 bits per heavy atom. The smallest absolute Gasteiger partial charge is 0.00981 e. The monoisotopic (exact) mass is 206 g/mol. The Morgan fingerprint density at radius 3 is 2.93 bits per heavy atom. The second-order valence-corrected chi connectivity index (χ2v) is 4.89. The topological polar surface area (TPSA) is 15.3 Å². The molecule has 1 N–H and O–H groups in total. The van der Waals surface area contributed by atoms with Crippen LogP contribution < -0.4 is 5.32 Å². The van der Waals surface area contributed by atoms with Gasteiger partial charge in [-0.2, -0.15) is 0 Å². The second-order valence-electron chi connectivity index (χ2n) is 4.89. The number of nitrogens with zero attached hydrogens (tertiary/aromatic N) is 1. The summed E-state index contributed by atoms with van der Waals surface area (Å²) in [6, 6.07) is 0.955. The lowest BCUT2D eigenvalue weighted by atomic mass is 10.1. The van der Waals surface area contributed by atoms with E-state index in [4.69, 9.17) is 6.42 Å². The SMILES string of the molecule is C#CCCCNCC1CCN(C2CC2)C1. The van der Waals surface area contributed by atoms with Gasteiger partial charge in [0.25, 0.3) is 0 Å². The molecule has 2 fully saturated rings. The maximum Gasteiger partial charge on any atom is 0.00981 e. The predicted molar refractivity (Wildman–Crippen MR) is 63.6 cm³/mol. The molecule has 1 aliphatic carbocycles. The summed E-state index contributed by atoms with van der Waals surface area (Å²) in [6.45, 7) is 4.94. The zero-order valence-electron chi connectivity index (χ0n) is 9.54. The lowest BCUT2D eigenvalue weighted by Crippen LogP contribution is -2.28. The highest BCUT2D eigenvalue weighted by Crippen LogP contribution is 2.31. The fourth-order valence-electron chi connectivity index (χ4n) is 2.42. The first kappa shape index (κ1) is 11.0. The van der Waals surface area contributed by atoms with Crippen molar-refractivity contribution in [3.05, 3.63) is 0 Å². The van der Waals surface area contributed by atoms with Crippen molar-refractivity contribution in [3.8, 4) is 12.3 Å². The van der Waals surface area contributed by atoms with Gasteiger partial charge >= 0.3 is 0 Å². The highest BCUT2D eigenvalue weighted by molar-refractivity contribution is 4.90. The molecule has 15 heavy (non-hydrogen) atoms. The van der Waals surface area contributed by atoms with E-state index in [1.165, 1.54) is 38.9 Å². The Balaban J connectivity index is 1.51. The molecule has 0 amide bonds. The molecule has 0 bridgehead atoms. The lowest BCUT2D eigenvalue weighted by molar-refractivity contribution is 0.312. The summed E-state index contributed by atoms with van der Waals surface area (Å²) < 4.78 is 0. The van der Waals surface area contributed by atoms with Crippen LogP contribution in [0.25, 0.3) is 0 Å². The molecule has 0 aromatic rings. The third-order valence-electron chi connectivity index (χ3n) is 3.49. The Bertz CT molecular complexity index is 227. The Kier molecular flexibility index (Phi) is 4.05. The molecule has 2 aliphatic rings. The predicted octanol–water partition coefficient (Wildman–Crippen LogP) is 1.47. The van der Waals surface area contributed by atoms with Crippen LogP contribution in [0.5, 0.6) is 0 Å². The van der Waals surface area contributed by atoms with Crippen LogP contribution in [0.15, 0.2) is 0 Å². The zero-order valence-corrected chi connectivity index (χ0v) is 9.54. The summed E-state index contributed by atoms with van der Waals surface area (Å²) in [5.74, 6) is 3.56. The maximum absolute atomic E-state index is 5.21. The van der Waals surface area contributed by atoms with Gasteiger partial charge in [0.15, 0.2) is 0 Å². The van der Waals surface area contributed by atoms with Crippen LogP contribution in [0.3, 0.4) is 0 Å². The Hall–Kier alpha value is -0.520. The summed E-state index contributed by atoms with van der Waals surface area (Å²) in [7, 11) is 0. The van der Waals surface area contributed by atoms with Crippen molar-refractivity contribution in [2.75, 3.05) is 26.2 Å². The minimum atomic E-state index is 0.886. The van der Waals surface area contributed by atoms with Crippen LogP contribution in [0.2, 0.25) is 0 Å². The summed E-state index contributed by atoms with van der Waals surface area (Å²) in [4.78, 5) is 2.67. The van der Waals surface area contributed by atoms with Crippen molar-refractivity contribution >= 4 is 0 Å². The molecule has 1 heterocycles. The Morgan fingerprint density at radius 2 is 2.20 bits per heavy atom. The zero-order chi connectivity index (χ0) is 10.5. The highest BCUT2D eigenvalue weighted by Gasteiger charge is 2.33. The van der Waals surface area contributed by atoms with Crippen molar-refractivity contribution in [1.82, 2.24) is 10.2 Å². The fourth-order valence-corrected chi connectivity index (χ4v) is 2.42. The first-order valence-electron chi connectivity index (χ1n) is 6.28. The van der Waals surface area contributed by atoms with Crippen molar-refractivity contribution in [3.63, 3.8) is 0 Å². The van der Waals surface area contributed by atoms with E-state index in [1.807, 2.05) is 0 Å². The molecular weight excluding hydrogens is 184 g/mol. The lowest BCUT2D eigenvalue weighted by Gasteiger charge is -2.14. The van der Waals surface area contributed by atoms with Crippen molar-refractivity contribution < 1.29 is 0 Å². The van der Waals surface area contributed by atoms with E-state index in [0.29, 0.717) is 0 Å². The molecule has 1 atom stereocenters. The largest absolute Gasteiger partial charge is 0.316 e. The second kappa shape index (κ2) is 5.53. The molecule has 84 valence electrons. The molecule has 0 aromatic carbocycles. The number of hydrogen-bond acceptors (Lipinski definition) is 2. The summed E-state index contributed by atoms with van der Waals surface area (Å²) >= 11 is 0. The van der Waals surface area contributed by atoms with Gasteiger partial charge in [-0.3, -0.25) is 0 Å². The van der Waals surface area contributed by atoms with Crippen LogP contribution in [-0.2, 0) is 0 Å². The molecule has 1 unspecified atom stereocenters. The summed E-state index contributed by atoms with van der Waals surface area (Å²) in [6.07, 6.45) is 11.5. The average Bonchev–Trinajstić information content (AvgIpc) is 2.99. The van der Waals surface area contributed by atoms with E-state index in [-0.39, 0.29) is 0 Å². The third-order valence-corrected chi connectivity index (χ3v) is 3.49. The standard InChI is InChI=1S/C13H22N2/c1-2-3-4-8-14-10-12-7-9-15(11-12)13-5-6-13/h1,12-14H,3-11H2. The minimum absolute atomic E-state index is 0.886. The highest BCUT2D eigenvalue weighted by atomic mass is 15.2. The number of likely N-dealkylation sites (tertiary alicyclic amines) is 1. The normalized spacial score (nSPS) is 26.7. The molecule has 1 saturated heterocycles. The van der Waals surface area contributed by atoms with Gasteiger partial charge in [-0.25, -0.2) is 0 Å². The number of terminal acetylenes is 1. The number of hydrogen-bond donors (Lipinski definition) is 1. The van der Waals surface area contributed by atoms with Gasteiger partial charge in [-0.05, 0) is 51.2 Å². The quantitative estimate of drug-likeness (QED) is 0.523. The van der Waals surface area contributed by atoms with Crippen LogP contribution in [0.1, 0.15) is 32.1 Å². The van der Waals surface area contributed by atoms with Gasteiger partial charge in [0, 0.05) is 19.0 Å². The molecule has 0 aromatic heterocycles. The van der Waals surface area contributed by atoms with Gasteiger partial charge in [0.2, 0.25) is 0 Å².